The van der Waals surface area contributed by atoms with Crippen LogP contribution in [-0.2, 0) is 5.75 Å². The van der Waals surface area contributed by atoms with Gasteiger partial charge in [0.1, 0.15) is 5.82 Å². The van der Waals surface area contributed by atoms with Crippen molar-refractivity contribution in [3.05, 3.63) is 34.6 Å². The van der Waals surface area contributed by atoms with Gasteiger partial charge in [0, 0.05) is 16.0 Å². The summed E-state index contributed by atoms with van der Waals surface area (Å²) in [5, 5.41) is 1.01. The van der Waals surface area contributed by atoms with Crippen molar-refractivity contribution in [2.45, 2.75) is 24.3 Å². The number of nitrogens with two attached hydrogens (primary N) is 1. The number of halogens is 2. The smallest absolute Gasteiger partial charge is 0.124 e. The number of rotatable bonds is 5. The van der Waals surface area contributed by atoms with Crippen LogP contribution in [0.1, 0.15) is 18.9 Å². The largest absolute Gasteiger partial charge is 0.330 e. The molecule has 0 amide bonds. The summed E-state index contributed by atoms with van der Waals surface area (Å²) in [7, 11) is 0. The molecule has 1 aromatic rings. The van der Waals surface area contributed by atoms with Crippen molar-refractivity contribution in [2.24, 2.45) is 5.73 Å². The summed E-state index contributed by atoms with van der Waals surface area (Å²) in [5.41, 5.74) is 6.44. The zero-order valence-corrected chi connectivity index (χ0v) is 10.2. The molecule has 1 atom stereocenters. The Hall–Kier alpha value is -0.250. The molecular weight excluding hydrogens is 233 g/mol. The van der Waals surface area contributed by atoms with Gasteiger partial charge in [0.25, 0.3) is 0 Å². The number of thioether (sulfide) groups is 1. The fourth-order valence-corrected chi connectivity index (χ4v) is 2.52. The number of hydrogen-bond donors (Lipinski definition) is 1. The lowest BCUT2D eigenvalue weighted by atomic mass is 10.2. The van der Waals surface area contributed by atoms with Crippen molar-refractivity contribution in [3.8, 4) is 0 Å². The van der Waals surface area contributed by atoms with Gasteiger partial charge in [0.2, 0.25) is 0 Å². The van der Waals surface area contributed by atoms with Crippen LogP contribution in [0.4, 0.5) is 4.39 Å². The molecule has 0 aromatic heterocycles. The molecule has 0 radical (unpaired) electrons. The van der Waals surface area contributed by atoms with Gasteiger partial charge in [-0.05, 0) is 30.7 Å². The Morgan fingerprint density at radius 1 is 1.53 bits per heavy atom. The van der Waals surface area contributed by atoms with E-state index in [-0.39, 0.29) is 5.82 Å². The van der Waals surface area contributed by atoms with Crippen molar-refractivity contribution < 1.29 is 4.39 Å². The van der Waals surface area contributed by atoms with E-state index in [4.69, 9.17) is 17.3 Å². The van der Waals surface area contributed by atoms with Crippen LogP contribution < -0.4 is 5.73 Å². The Kier molecular flexibility index (Phi) is 5.43. The summed E-state index contributed by atoms with van der Waals surface area (Å²) in [4.78, 5) is 0. The number of hydrogen-bond acceptors (Lipinski definition) is 2. The highest BCUT2D eigenvalue weighted by atomic mass is 35.5. The molecule has 0 spiro atoms. The molecule has 0 saturated carbocycles. The van der Waals surface area contributed by atoms with Gasteiger partial charge < -0.3 is 5.73 Å². The molecule has 0 saturated heterocycles. The van der Waals surface area contributed by atoms with Gasteiger partial charge in [-0.2, -0.15) is 11.8 Å². The third kappa shape index (κ3) is 4.41. The van der Waals surface area contributed by atoms with Crippen molar-refractivity contribution in [1.82, 2.24) is 0 Å². The van der Waals surface area contributed by atoms with Gasteiger partial charge in [-0.3, -0.25) is 0 Å². The SMILES string of the molecule is CC(CCN)SCc1ccc(F)cc1Cl. The maximum Gasteiger partial charge on any atom is 0.124 e. The van der Waals surface area contributed by atoms with Crippen LogP contribution in [0.2, 0.25) is 5.02 Å². The molecule has 1 unspecified atom stereocenters. The molecule has 4 heteroatoms. The molecule has 15 heavy (non-hydrogen) atoms. The summed E-state index contributed by atoms with van der Waals surface area (Å²) in [6.45, 7) is 2.83. The summed E-state index contributed by atoms with van der Waals surface area (Å²) >= 11 is 7.70. The zero-order valence-electron chi connectivity index (χ0n) is 8.67. The molecule has 1 aromatic carbocycles. The van der Waals surface area contributed by atoms with Gasteiger partial charge in [0.05, 0.1) is 0 Å². The van der Waals surface area contributed by atoms with E-state index in [9.17, 15) is 4.39 Å². The van der Waals surface area contributed by atoms with Gasteiger partial charge in [-0.1, -0.05) is 24.6 Å². The minimum atomic E-state index is -0.288. The molecule has 1 nitrogen and oxygen atoms in total. The molecule has 0 aliphatic heterocycles. The molecule has 0 aliphatic carbocycles. The Bertz CT molecular complexity index is 319. The van der Waals surface area contributed by atoms with Crippen molar-refractivity contribution in [3.63, 3.8) is 0 Å². The molecular formula is C11H15ClFNS. The highest BCUT2D eigenvalue weighted by Crippen LogP contribution is 2.25. The lowest BCUT2D eigenvalue weighted by molar-refractivity contribution is 0.627. The second-order valence-electron chi connectivity index (χ2n) is 3.43. The van der Waals surface area contributed by atoms with E-state index in [0.717, 1.165) is 17.7 Å². The summed E-state index contributed by atoms with van der Waals surface area (Å²) < 4.78 is 12.8. The van der Waals surface area contributed by atoms with Gasteiger partial charge >= 0.3 is 0 Å². The van der Waals surface area contributed by atoms with Crippen molar-refractivity contribution in [1.29, 1.82) is 0 Å². The van der Waals surface area contributed by atoms with Crippen LogP contribution in [0.3, 0.4) is 0 Å². The monoisotopic (exact) mass is 247 g/mol. The van der Waals surface area contributed by atoms with Crippen LogP contribution in [0.25, 0.3) is 0 Å². The van der Waals surface area contributed by atoms with Crippen LogP contribution in [0.15, 0.2) is 18.2 Å². The zero-order chi connectivity index (χ0) is 11.3. The van der Waals surface area contributed by atoms with Crippen molar-refractivity contribution >= 4 is 23.4 Å². The van der Waals surface area contributed by atoms with Crippen LogP contribution in [0, 0.1) is 5.82 Å². The predicted molar refractivity (Wildman–Crippen MR) is 65.8 cm³/mol. The predicted octanol–water partition coefficient (Wildman–Crippen LogP) is 3.45. The third-order valence-corrected chi connectivity index (χ3v) is 3.75. The van der Waals surface area contributed by atoms with E-state index in [1.54, 1.807) is 17.8 Å². The molecule has 0 fully saturated rings. The molecule has 2 N–H and O–H groups in total. The fourth-order valence-electron chi connectivity index (χ4n) is 1.19. The van der Waals surface area contributed by atoms with Crippen molar-refractivity contribution in [2.75, 3.05) is 6.54 Å². The van der Waals surface area contributed by atoms with Gasteiger partial charge in [-0.15, -0.1) is 0 Å². The lowest BCUT2D eigenvalue weighted by Gasteiger charge is -2.10. The van der Waals surface area contributed by atoms with E-state index in [0.29, 0.717) is 16.8 Å². The fraction of sp³-hybridized carbons (Fsp3) is 0.455. The van der Waals surface area contributed by atoms with E-state index in [1.807, 2.05) is 0 Å². The molecule has 84 valence electrons. The standard InChI is InChI=1S/C11H15ClFNS/c1-8(4-5-14)15-7-9-2-3-10(13)6-11(9)12/h2-3,6,8H,4-5,7,14H2,1H3. The van der Waals surface area contributed by atoms with Gasteiger partial charge in [0.15, 0.2) is 0 Å². The van der Waals surface area contributed by atoms with E-state index in [1.165, 1.54) is 12.1 Å². The second kappa shape index (κ2) is 6.36. The van der Waals surface area contributed by atoms with Crippen LogP contribution >= 0.6 is 23.4 Å². The third-order valence-electron chi connectivity index (χ3n) is 2.11. The molecule has 1 rings (SSSR count). The topological polar surface area (TPSA) is 26.0 Å². The average Bonchev–Trinajstić information content (AvgIpc) is 2.17. The summed E-state index contributed by atoms with van der Waals surface area (Å²) in [6, 6.07) is 4.53. The average molecular weight is 248 g/mol. The highest BCUT2D eigenvalue weighted by molar-refractivity contribution is 7.99. The molecule has 0 heterocycles. The normalized spacial score (nSPS) is 12.8. The summed E-state index contributed by atoms with van der Waals surface area (Å²) in [6.07, 6.45) is 0.990. The second-order valence-corrected chi connectivity index (χ2v) is 5.27. The van der Waals surface area contributed by atoms with Crippen LogP contribution in [-0.4, -0.2) is 11.8 Å². The Morgan fingerprint density at radius 3 is 2.87 bits per heavy atom. The Morgan fingerprint density at radius 2 is 2.27 bits per heavy atom. The maximum atomic E-state index is 12.8. The van der Waals surface area contributed by atoms with E-state index in [2.05, 4.69) is 6.92 Å². The first-order valence-corrected chi connectivity index (χ1v) is 6.31. The minimum Gasteiger partial charge on any atom is -0.330 e. The first kappa shape index (κ1) is 12.8. The first-order valence-electron chi connectivity index (χ1n) is 4.89. The van der Waals surface area contributed by atoms with E-state index >= 15 is 0 Å². The minimum absolute atomic E-state index is 0.288. The molecule has 0 bridgehead atoms. The first-order chi connectivity index (χ1) is 7.13. The Labute approximate surface area is 99.2 Å². The van der Waals surface area contributed by atoms with E-state index < -0.39 is 0 Å². The summed E-state index contributed by atoms with van der Waals surface area (Å²) in [5.74, 6) is 0.518. The quantitative estimate of drug-likeness (QED) is 0.863. The highest BCUT2D eigenvalue weighted by Gasteiger charge is 2.05. The lowest BCUT2D eigenvalue weighted by Crippen LogP contribution is -2.07. The van der Waals surface area contributed by atoms with Gasteiger partial charge in [-0.25, -0.2) is 4.39 Å². The molecule has 0 aliphatic rings. The Balaban J connectivity index is 2.50. The maximum absolute atomic E-state index is 12.8. The van der Waals surface area contributed by atoms with Crippen LogP contribution in [0.5, 0.6) is 0 Å². The number of benzene rings is 1.